The molecule has 1 aliphatic rings. The van der Waals surface area contributed by atoms with E-state index in [1.54, 1.807) is 6.07 Å². The summed E-state index contributed by atoms with van der Waals surface area (Å²) in [4.78, 5) is 19.5. The van der Waals surface area contributed by atoms with E-state index in [9.17, 15) is 4.79 Å². The molecule has 0 unspecified atom stereocenters. The van der Waals surface area contributed by atoms with Crippen LogP contribution in [0.5, 0.6) is 0 Å². The summed E-state index contributed by atoms with van der Waals surface area (Å²) in [6.45, 7) is 5.72. The van der Waals surface area contributed by atoms with Crippen molar-refractivity contribution in [1.29, 1.82) is 0 Å². The van der Waals surface area contributed by atoms with Crippen LogP contribution in [0.1, 0.15) is 41.4 Å². The fraction of sp³-hybridized carbons (Fsp3) is 0.222. The maximum absolute atomic E-state index is 11.9. The Hall–Kier alpha value is -2.44. The summed E-state index contributed by atoms with van der Waals surface area (Å²) in [6, 6.07) is 6.54. The molecular weight excluding hydrogens is 373 g/mol. The number of nitrogens with one attached hydrogen (secondary N) is 1. The molecule has 0 bridgehead atoms. The Morgan fingerprint density at radius 1 is 1.12 bits per heavy atom. The number of halogens is 2. The molecule has 8 heteroatoms. The van der Waals surface area contributed by atoms with Crippen LogP contribution in [0, 0.1) is 13.8 Å². The molecule has 0 radical (unpaired) electrons. The third kappa shape index (κ3) is 2.48. The summed E-state index contributed by atoms with van der Waals surface area (Å²) >= 11 is 13.1. The number of pyridine rings is 1. The second-order valence-corrected chi connectivity index (χ2v) is 7.02. The topological polar surface area (TPSA) is 75.9 Å². The molecule has 4 rings (SSSR count). The number of aromatic amines is 1. The molecule has 132 valence electrons. The molecule has 0 spiro atoms. The standard InChI is InChI=1S/C18H15Cl2N5O/c1-8-4-6-12-14(15(8)20)17(16-11(19)5-7-13(26)22-16)21-9(2)18-24-23-10(3)25(12)18/h4-7,9H,1-3H3,(H,22,26)/t9-/m0/s1. The Kier molecular flexibility index (Phi) is 3.97. The van der Waals surface area contributed by atoms with E-state index in [1.165, 1.54) is 6.07 Å². The van der Waals surface area contributed by atoms with Crippen LogP contribution in [0.3, 0.4) is 0 Å². The van der Waals surface area contributed by atoms with Gasteiger partial charge in [-0.3, -0.25) is 14.4 Å². The number of hydrogen-bond acceptors (Lipinski definition) is 4. The first-order valence-electron chi connectivity index (χ1n) is 8.07. The molecule has 2 aromatic heterocycles. The van der Waals surface area contributed by atoms with Gasteiger partial charge in [-0.05, 0) is 38.5 Å². The third-order valence-electron chi connectivity index (χ3n) is 4.44. The van der Waals surface area contributed by atoms with Gasteiger partial charge in [0.05, 0.1) is 27.1 Å². The quantitative estimate of drug-likeness (QED) is 0.689. The number of nitrogens with zero attached hydrogens (tertiary/aromatic N) is 4. The molecule has 0 aliphatic carbocycles. The summed E-state index contributed by atoms with van der Waals surface area (Å²) < 4.78 is 1.94. The van der Waals surface area contributed by atoms with Crippen LogP contribution in [0.15, 0.2) is 34.1 Å². The molecule has 1 N–H and O–H groups in total. The number of hydrogen-bond donors (Lipinski definition) is 1. The Morgan fingerprint density at radius 3 is 2.65 bits per heavy atom. The summed E-state index contributed by atoms with van der Waals surface area (Å²) in [6.07, 6.45) is 0. The van der Waals surface area contributed by atoms with Crippen molar-refractivity contribution in [2.24, 2.45) is 4.99 Å². The van der Waals surface area contributed by atoms with Crippen LogP contribution >= 0.6 is 23.2 Å². The SMILES string of the molecule is Cc1ccc2c(c1Cl)C(c1[nH]c(=O)ccc1Cl)=N[C@@H](C)c1nnc(C)n1-2. The summed E-state index contributed by atoms with van der Waals surface area (Å²) in [5.74, 6) is 1.44. The number of fused-ring (bicyclic) bond motifs is 3. The zero-order valence-corrected chi connectivity index (χ0v) is 15.9. The highest BCUT2D eigenvalue weighted by molar-refractivity contribution is 6.39. The van der Waals surface area contributed by atoms with E-state index < -0.39 is 0 Å². The minimum absolute atomic E-state index is 0.259. The van der Waals surface area contributed by atoms with Gasteiger partial charge in [-0.1, -0.05) is 29.3 Å². The van der Waals surface area contributed by atoms with Gasteiger partial charge in [0.25, 0.3) is 0 Å². The highest BCUT2D eigenvalue weighted by Gasteiger charge is 2.29. The van der Waals surface area contributed by atoms with E-state index in [1.807, 2.05) is 37.5 Å². The number of aliphatic imine (C=N–C) groups is 1. The first-order chi connectivity index (χ1) is 12.4. The summed E-state index contributed by atoms with van der Waals surface area (Å²) in [7, 11) is 0. The molecule has 0 fully saturated rings. The van der Waals surface area contributed by atoms with Crippen LogP contribution in [-0.2, 0) is 0 Å². The van der Waals surface area contributed by atoms with Gasteiger partial charge >= 0.3 is 0 Å². The molecule has 0 saturated heterocycles. The van der Waals surface area contributed by atoms with Gasteiger partial charge in [-0.25, -0.2) is 0 Å². The van der Waals surface area contributed by atoms with Crippen molar-refractivity contribution < 1.29 is 0 Å². The predicted molar refractivity (Wildman–Crippen MR) is 102 cm³/mol. The molecule has 1 atom stereocenters. The number of benzene rings is 1. The van der Waals surface area contributed by atoms with Crippen LogP contribution in [0.2, 0.25) is 10.0 Å². The molecule has 0 saturated carbocycles. The minimum Gasteiger partial charge on any atom is -0.319 e. The van der Waals surface area contributed by atoms with Gasteiger partial charge in [0.2, 0.25) is 5.56 Å². The molecule has 3 heterocycles. The van der Waals surface area contributed by atoms with Crippen molar-refractivity contribution in [3.8, 4) is 5.69 Å². The highest BCUT2D eigenvalue weighted by Crippen LogP contribution is 2.36. The van der Waals surface area contributed by atoms with Crippen LogP contribution < -0.4 is 5.56 Å². The smallest absolute Gasteiger partial charge is 0.248 e. The van der Waals surface area contributed by atoms with Gasteiger partial charge in [0.1, 0.15) is 11.9 Å². The second kappa shape index (κ2) is 6.07. The molecule has 3 aromatic rings. The third-order valence-corrected chi connectivity index (χ3v) is 5.24. The van der Waals surface area contributed by atoms with Gasteiger partial charge < -0.3 is 4.98 Å². The summed E-state index contributed by atoms with van der Waals surface area (Å²) in [5.41, 5.74) is 3.12. The zero-order chi connectivity index (χ0) is 18.6. The molecule has 6 nitrogen and oxygen atoms in total. The number of aryl methyl sites for hydroxylation is 2. The van der Waals surface area contributed by atoms with Crippen LogP contribution in [-0.4, -0.2) is 25.5 Å². The zero-order valence-electron chi connectivity index (χ0n) is 14.3. The minimum atomic E-state index is -0.297. The van der Waals surface area contributed by atoms with E-state index >= 15 is 0 Å². The highest BCUT2D eigenvalue weighted by atomic mass is 35.5. The maximum atomic E-state index is 11.9. The molecule has 1 aromatic carbocycles. The van der Waals surface area contributed by atoms with Gasteiger partial charge in [0, 0.05) is 11.6 Å². The average molecular weight is 388 g/mol. The molecular formula is C18H15Cl2N5O. The molecule has 26 heavy (non-hydrogen) atoms. The van der Waals surface area contributed by atoms with E-state index in [-0.39, 0.29) is 11.6 Å². The Labute approximate surface area is 159 Å². The van der Waals surface area contributed by atoms with Crippen molar-refractivity contribution >= 4 is 28.9 Å². The predicted octanol–water partition coefficient (Wildman–Crippen LogP) is 3.79. The van der Waals surface area contributed by atoms with E-state index in [4.69, 9.17) is 28.2 Å². The fourth-order valence-corrected chi connectivity index (χ4v) is 3.61. The lowest BCUT2D eigenvalue weighted by atomic mass is 10.0. The van der Waals surface area contributed by atoms with E-state index in [2.05, 4.69) is 15.2 Å². The second-order valence-electron chi connectivity index (χ2n) is 6.23. The molecule has 1 aliphatic heterocycles. The summed E-state index contributed by atoms with van der Waals surface area (Å²) in [5, 5.41) is 9.41. The Bertz CT molecular complexity index is 1130. The normalized spacial score (nSPS) is 15.9. The van der Waals surface area contributed by atoms with Gasteiger partial charge in [-0.15, -0.1) is 10.2 Å². The lowest BCUT2D eigenvalue weighted by molar-refractivity contribution is 0.721. The van der Waals surface area contributed by atoms with Crippen molar-refractivity contribution in [2.75, 3.05) is 0 Å². The average Bonchev–Trinajstić information content (AvgIpc) is 2.93. The Balaban J connectivity index is 2.14. The van der Waals surface area contributed by atoms with E-state index in [0.29, 0.717) is 32.8 Å². The van der Waals surface area contributed by atoms with Gasteiger partial charge in [0.15, 0.2) is 5.82 Å². The Morgan fingerprint density at radius 2 is 1.88 bits per heavy atom. The van der Waals surface area contributed by atoms with Crippen molar-refractivity contribution in [3.63, 3.8) is 0 Å². The lowest BCUT2D eigenvalue weighted by Gasteiger charge is -2.16. The monoisotopic (exact) mass is 387 g/mol. The fourth-order valence-electron chi connectivity index (χ4n) is 3.16. The van der Waals surface area contributed by atoms with Crippen LogP contribution in [0.25, 0.3) is 5.69 Å². The van der Waals surface area contributed by atoms with Crippen molar-refractivity contribution in [1.82, 2.24) is 19.7 Å². The number of H-pyrrole nitrogens is 1. The molecule has 0 amide bonds. The largest absolute Gasteiger partial charge is 0.319 e. The van der Waals surface area contributed by atoms with Crippen molar-refractivity contribution in [3.05, 3.63) is 73.1 Å². The first-order valence-corrected chi connectivity index (χ1v) is 8.83. The maximum Gasteiger partial charge on any atom is 0.248 e. The first kappa shape index (κ1) is 17.0. The van der Waals surface area contributed by atoms with Gasteiger partial charge in [-0.2, -0.15) is 0 Å². The lowest BCUT2D eigenvalue weighted by Crippen LogP contribution is -2.16. The van der Waals surface area contributed by atoms with Crippen LogP contribution in [0.4, 0.5) is 0 Å². The number of rotatable bonds is 1. The van der Waals surface area contributed by atoms with Crippen molar-refractivity contribution in [2.45, 2.75) is 26.8 Å². The van der Waals surface area contributed by atoms with E-state index in [0.717, 1.165) is 17.1 Å². The number of aromatic nitrogens is 4.